The number of nitrogens with one attached hydrogen (secondary N) is 2. The Morgan fingerprint density at radius 2 is 1.74 bits per heavy atom. The van der Waals surface area contributed by atoms with E-state index in [1.807, 2.05) is 0 Å². The summed E-state index contributed by atoms with van der Waals surface area (Å²) in [5.41, 5.74) is 1.34. The average molecular weight is 654 g/mol. The predicted molar refractivity (Wildman–Crippen MR) is 152 cm³/mol. The minimum atomic E-state index is -4.44. The zero-order valence-electron chi connectivity index (χ0n) is 25.4. The first-order valence-electron chi connectivity index (χ1n) is 15.2. The first-order chi connectivity index (χ1) is 21.7. The highest BCUT2D eigenvalue weighted by Gasteiger charge is 2.40. The fourth-order valence-corrected chi connectivity index (χ4v) is 5.58. The van der Waals surface area contributed by atoms with E-state index in [2.05, 4.69) is 30.9 Å². The summed E-state index contributed by atoms with van der Waals surface area (Å²) >= 11 is 0. The summed E-state index contributed by atoms with van der Waals surface area (Å²) < 4.78 is 67.5. The van der Waals surface area contributed by atoms with Gasteiger partial charge in [-0.15, -0.1) is 5.10 Å². The Hall–Kier alpha value is -4.18. The molecule has 0 bridgehead atoms. The van der Waals surface area contributed by atoms with Crippen molar-refractivity contribution in [3.05, 3.63) is 41.6 Å². The van der Waals surface area contributed by atoms with Crippen LogP contribution in [0.4, 0.5) is 22.0 Å². The second-order valence-corrected chi connectivity index (χ2v) is 12.2. The van der Waals surface area contributed by atoms with Crippen LogP contribution in [0.15, 0.2) is 24.7 Å². The van der Waals surface area contributed by atoms with Gasteiger partial charge in [-0.1, -0.05) is 0 Å². The summed E-state index contributed by atoms with van der Waals surface area (Å²) in [7, 11) is 1.63. The number of nitrogens with zero attached hydrogens (tertiary/aromatic N) is 7. The standard InChI is InChI=1S/C29H36F5N9O3/c1-17(44)41(2)11-12-43-36-15-21(40-43)27(46)39-26(19-5-8-28(30,31)9-6-19)22-16-42-23(37-22)13-20(14-35-42)25(18-3-4-18)38-24(45)7-10-29(32,33)34/h13-16,18-19,25-26H,3-12H2,1-2H3,(H,38,45)(H,39,46)/t25?,26-/m0/s1. The lowest BCUT2D eigenvalue weighted by Crippen LogP contribution is -2.37. The Kier molecular flexibility index (Phi) is 9.58. The lowest BCUT2D eigenvalue weighted by Gasteiger charge is -2.33. The Labute approximate surface area is 261 Å². The maximum absolute atomic E-state index is 14.1. The molecular weight excluding hydrogens is 617 g/mol. The number of carbonyl (C=O) groups is 3. The fraction of sp³-hybridized carbons (Fsp3) is 0.621. The van der Waals surface area contributed by atoms with E-state index in [-0.39, 0.29) is 55.7 Å². The van der Waals surface area contributed by atoms with Crippen LogP contribution in [-0.2, 0) is 16.1 Å². The van der Waals surface area contributed by atoms with Crippen molar-refractivity contribution in [2.24, 2.45) is 11.8 Å². The van der Waals surface area contributed by atoms with Crippen LogP contribution >= 0.6 is 0 Å². The summed E-state index contributed by atoms with van der Waals surface area (Å²) in [6, 6.07) is 0.387. The molecule has 3 aromatic heterocycles. The maximum atomic E-state index is 14.1. The molecule has 250 valence electrons. The highest BCUT2D eigenvalue weighted by atomic mass is 19.4. The molecule has 0 saturated heterocycles. The molecule has 0 aliphatic heterocycles. The SMILES string of the molecule is CC(=O)N(C)CCn1ncc(C(=O)N[C@H](c2cn3ncc(C(NC(=O)CCC(F)(F)F)C4CC4)cc3n2)C2CCC(F)(F)CC2)n1. The van der Waals surface area contributed by atoms with Crippen molar-refractivity contribution in [3.8, 4) is 0 Å². The normalized spacial score (nSPS) is 18.2. The van der Waals surface area contributed by atoms with Crippen molar-refractivity contribution in [2.75, 3.05) is 13.6 Å². The summed E-state index contributed by atoms with van der Waals surface area (Å²) in [6.07, 6.45) is -0.733. The molecule has 17 heteroatoms. The smallest absolute Gasteiger partial charge is 0.349 e. The molecule has 2 atom stereocenters. The van der Waals surface area contributed by atoms with Gasteiger partial charge in [-0.25, -0.2) is 18.3 Å². The summed E-state index contributed by atoms with van der Waals surface area (Å²) in [5, 5.41) is 18.3. The van der Waals surface area contributed by atoms with Crippen molar-refractivity contribution in [3.63, 3.8) is 0 Å². The molecule has 2 aliphatic carbocycles. The number of likely N-dealkylation sites (N-methyl/N-ethyl adjacent to an activating group) is 1. The summed E-state index contributed by atoms with van der Waals surface area (Å²) in [4.78, 5) is 44.6. The van der Waals surface area contributed by atoms with Crippen LogP contribution in [0.1, 0.15) is 92.1 Å². The van der Waals surface area contributed by atoms with Crippen LogP contribution in [0.2, 0.25) is 0 Å². The lowest BCUT2D eigenvalue weighted by atomic mass is 9.81. The molecule has 0 spiro atoms. The number of halogens is 5. The van der Waals surface area contributed by atoms with Crippen molar-refractivity contribution in [1.29, 1.82) is 0 Å². The Morgan fingerprint density at radius 1 is 1.04 bits per heavy atom. The average Bonchev–Trinajstić information content (AvgIpc) is 3.56. The third-order valence-electron chi connectivity index (χ3n) is 8.54. The second-order valence-electron chi connectivity index (χ2n) is 12.2. The van der Waals surface area contributed by atoms with E-state index in [0.717, 1.165) is 12.8 Å². The molecule has 2 fully saturated rings. The molecule has 2 saturated carbocycles. The quantitative estimate of drug-likeness (QED) is 0.282. The van der Waals surface area contributed by atoms with Crippen LogP contribution in [0.25, 0.3) is 5.65 Å². The van der Waals surface area contributed by atoms with Gasteiger partial charge in [-0.3, -0.25) is 14.4 Å². The van der Waals surface area contributed by atoms with Crippen LogP contribution < -0.4 is 10.6 Å². The third kappa shape index (κ3) is 8.54. The van der Waals surface area contributed by atoms with Crippen LogP contribution in [0.3, 0.4) is 0 Å². The second kappa shape index (κ2) is 13.3. The molecule has 3 heterocycles. The number of carbonyl (C=O) groups excluding carboxylic acids is 3. The lowest BCUT2D eigenvalue weighted by molar-refractivity contribution is -0.144. The first kappa shape index (κ1) is 33.2. The monoisotopic (exact) mass is 653 g/mol. The Bertz CT molecular complexity index is 1560. The Balaban J connectivity index is 1.35. The van der Waals surface area contributed by atoms with Crippen LogP contribution in [0, 0.1) is 11.8 Å². The third-order valence-corrected chi connectivity index (χ3v) is 8.54. The van der Waals surface area contributed by atoms with E-state index < -0.39 is 48.8 Å². The summed E-state index contributed by atoms with van der Waals surface area (Å²) in [5.74, 6) is -4.51. The van der Waals surface area contributed by atoms with Gasteiger partial charge in [0.2, 0.25) is 17.7 Å². The van der Waals surface area contributed by atoms with Gasteiger partial charge in [0.15, 0.2) is 11.3 Å². The van der Waals surface area contributed by atoms with E-state index in [9.17, 15) is 36.3 Å². The number of amides is 3. The van der Waals surface area contributed by atoms with E-state index in [1.54, 1.807) is 19.3 Å². The predicted octanol–water partition coefficient (Wildman–Crippen LogP) is 4.01. The highest BCUT2D eigenvalue weighted by molar-refractivity contribution is 5.92. The molecule has 0 radical (unpaired) electrons. The zero-order valence-corrected chi connectivity index (χ0v) is 25.4. The number of imidazole rings is 1. The first-order valence-corrected chi connectivity index (χ1v) is 15.2. The number of alkyl halides is 5. The minimum Gasteiger partial charge on any atom is -0.349 e. The maximum Gasteiger partial charge on any atom is 0.389 e. The van der Waals surface area contributed by atoms with Gasteiger partial charge in [-0.05, 0) is 49.1 Å². The van der Waals surface area contributed by atoms with Gasteiger partial charge in [-0.2, -0.15) is 28.2 Å². The molecule has 3 amide bonds. The van der Waals surface area contributed by atoms with E-state index in [0.29, 0.717) is 23.4 Å². The van der Waals surface area contributed by atoms with Gasteiger partial charge in [0.1, 0.15) is 0 Å². The minimum absolute atomic E-state index is 0.00864. The van der Waals surface area contributed by atoms with Gasteiger partial charge in [0.25, 0.3) is 5.91 Å². The van der Waals surface area contributed by atoms with Gasteiger partial charge >= 0.3 is 6.18 Å². The van der Waals surface area contributed by atoms with Gasteiger partial charge < -0.3 is 15.5 Å². The number of fused-ring (bicyclic) bond motifs is 1. The van der Waals surface area contributed by atoms with E-state index >= 15 is 0 Å². The van der Waals surface area contributed by atoms with E-state index in [1.165, 1.54) is 33.5 Å². The topological polar surface area (TPSA) is 139 Å². The largest absolute Gasteiger partial charge is 0.389 e. The number of rotatable bonds is 12. The molecule has 12 nitrogen and oxygen atoms in total. The van der Waals surface area contributed by atoms with Crippen LogP contribution in [-0.4, -0.2) is 77.9 Å². The van der Waals surface area contributed by atoms with Gasteiger partial charge in [0.05, 0.1) is 49.3 Å². The molecular formula is C29H36F5N9O3. The molecule has 2 aliphatic rings. The molecule has 2 N–H and O–H groups in total. The fourth-order valence-electron chi connectivity index (χ4n) is 5.58. The number of aromatic nitrogens is 6. The number of hydrogen-bond acceptors (Lipinski definition) is 7. The molecule has 1 unspecified atom stereocenters. The van der Waals surface area contributed by atoms with Crippen molar-refractivity contribution in [1.82, 2.24) is 45.1 Å². The van der Waals surface area contributed by atoms with Gasteiger partial charge in [0, 0.05) is 39.8 Å². The highest BCUT2D eigenvalue weighted by Crippen LogP contribution is 2.43. The Morgan fingerprint density at radius 3 is 2.39 bits per heavy atom. The molecule has 46 heavy (non-hydrogen) atoms. The number of hydrogen-bond donors (Lipinski definition) is 2. The van der Waals surface area contributed by atoms with Crippen molar-refractivity contribution >= 4 is 23.4 Å². The molecule has 3 aromatic rings. The summed E-state index contributed by atoms with van der Waals surface area (Å²) in [6.45, 7) is 2.02. The molecule has 0 aromatic carbocycles. The zero-order chi connectivity index (χ0) is 33.2. The van der Waals surface area contributed by atoms with E-state index in [4.69, 9.17) is 0 Å². The molecule has 5 rings (SSSR count). The van der Waals surface area contributed by atoms with Crippen molar-refractivity contribution < 1.29 is 36.3 Å². The van der Waals surface area contributed by atoms with Crippen molar-refractivity contribution in [2.45, 2.75) is 89.0 Å². The van der Waals surface area contributed by atoms with Crippen LogP contribution in [0.5, 0.6) is 0 Å².